The molecule has 120 valence electrons. The van der Waals surface area contributed by atoms with Gasteiger partial charge >= 0.3 is 0 Å². The number of amides is 1. The number of carbonyl (C=O) groups excluding carboxylic acids is 1. The number of nitrogens with zero attached hydrogens (tertiary/aromatic N) is 2. The van der Waals surface area contributed by atoms with E-state index in [9.17, 15) is 4.79 Å². The fourth-order valence-electron chi connectivity index (χ4n) is 3.20. The lowest BCUT2D eigenvalue weighted by molar-refractivity contribution is 0.0976. The Hall–Kier alpha value is -2.40. The third kappa shape index (κ3) is 2.55. The Morgan fingerprint density at radius 2 is 1.96 bits per heavy atom. The topological polar surface area (TPSA) is 49.0 Å². The molecule has 0 radical (unpaired) electrons. The summed E-state index contributed by atoms with van der Waals surface area (Å²) in [5.74, 6) is -0.0386. The summed E-state index contributed by atoms with van der Waals surface area (Å²) in [6.07, 6.45) is 0.885. The zero-order chi connectivity index (χ0) is 16.7. The van der Waals surface area contributed by atoms with Gasteiger partial charge in [-0.05, 0) is 43.2 Å². The number of H-pyrrole nitrogens is 1. The summed E-state index contributed by atoms with van der Waals surface area (Å²) >= 11 is 3.42. The fraction of sp³-hybridized carbons (Fsp3) is 0.158. The van der Waals surface area contributed by atoms with E-state index in [1.165, 1.54) is 5.56 Å². The maximum absolute atomic E-state index is 13.0. The highest BCUT2D eigenvalue weighted by Crippen LogP contribution is 2.33. The van der Waals surface area contributed by atoms with Crippen molar-refractivity contribution in [2.45, 2.75) is 19.4 Å². The minimum absolute atomic E-state index is 0.0386. The van der Waals surface area contributed by atoms with Crippen LogP contribution in [0.15, 0.2) is 59.1 Å². The van der Waals surface area contributed by atoms with Gasteiger partial charge in [0.25, 0.3) is 5.91 Å². The minimum atomic E-state index is -0.0386. The highest BCUT2D eigenvalue weighted by molar-refractivity contribution is 9.10. The van der Waals surface area contributed by atoms with Crippen LogP contribution in [0.4, 0.5) is 5.69 Å². The van der Waals surface area contributed by atoms with Crippen molar-refractivity contribution in [1.29, 1.82) is 0 Å². The molecule has 1 aromatic heterocycles. The molecule has 1 N–H and O–H groups in total. The Morgan fingerprint density at radius 3 is 2.75 bits per heavy atom. The van der Waals surface area contributed by atoms with Crippen LogP contribution in [-0.2, 0) is 6.42 Å². The first-order valence-electron chi connectivity index (χ1n) is 7.86. The first-order valence-corrected chi connectivity index (χ1v) is 8.65. The van der Waals surface area contributed by atoms with Crippen molar-refractivity contribution >= 4 is 27.5 Å². The molecular formula is C19H16BrN3O. The van der Waals surface area contributed by atoms with Gasteiger partial charge < -0.3 is 4.90 Å². The van der Waals surface area contributed by atoms with Crippen LogP contribution in [0.1, 0.15) is 23.0 Å². The van der Waals surface area contributed by atoms with E-state index in [-0.39, 0.29) is 11.9 Å². The fourth-order valence-corrected chi connectivity index (χ4v) is 3.47. The van der Waals surface area contributed by atoms with E-state index in [1.54, 1.807) is 0 Å². The highest BCUT2D eigenvalue weighted by atomic mass is 79.9. The number of anilines is 1. The predicted octanol–water partition coefficient (Wildman–Crippen LogP) is 4.43. The number of fused-ring (bicyclic) bond motifs is 1. The van der Waals surface area contributed by atoms with E-state index in [2.05, 4.69) is 39.1 Å². The molecule has 0 bridgehead atoms. The lowest BCUT2D eigenvalue weighted by Crippen LogP contribution is -2.35. The van der Waals surface area contributed by atoms with E-state index in [1.807, 2.05) is 53.4 Å². The van der Waals surface area contributed by atoms with Crippen molar-refractivity contribution < 1.29 is 4.79 Å². The standard InChI is InChI=1S/C19H16BrN3O/c1-12-10-14-4-2-3-5-18(14)23(12)19(24)17-11-16(21-22-17)13-6-8-15(20)9-7-13/h2-9,11-12H,10H2,1H3,(H,21,22)/t12-/m1/s1. The first-order chi connectivity index (χ1) is 11.6. The molecule has 1 aliphatic rings. The number of nitrogens with one attached hydrogen (secondary N) is 1. The lowest BCUT2D eigenvalue weighted by Gasteiger charge is -2.21. The van der Waals surface area contributed by atoms with Crippen LogP contribution in [-0.4, -0.2) is 22.1 Å². The van der Waals surface area contributed by atoms with Crippen LogP contribution in [0.5, 0.6) is 0 Å². The van der Waals surface area contributed by atoms with Crippen molar-refractivity contribution in [3.05, 3.63) is 70.3 Å². The molecule has 0 spiro atoms. The minimum Gasteiger partial charge on any atom is -0.304 e. The van der Waals surface area contributed by atoms with Crippen LogP contribution in [0, 0.1) is 0 Å². The van der Waals surface area contributed by atoms with Gasteiger partial charge in [0.15, 0.2) is 0 Å². The van der Waals surface area contributed by atoms with Crippen LogP contribution >= 0.6 is 15.9 Å². The number of aromatic nitrogens is 2. The maximum Gasteiger partial charge on any atom is 0.276 e. The van der Waals surface area contributed by atoms with Crippen molar-refractivity contribution in [3.8, 4) is 11.3 Å². The van der Waals surface area contributed by atoms with Gasteiger partial charge in [-0.2, -0.15) is 5.10 Å². The molecular weight excluding hydrogens is 366 g/mol. The number of carbonyl (C=O) groups is 1. The van der Waals surface area contributed by atoms with E-state index in [0.717, 1.165) is 27.8 Å². The van der Waals surface area contributed by atoms with Gasteiger partial charge in [-0.1, -0.05) is 46.3 Å². The number of rotatable bonds is 2. The molecule has 5 heteroatoms. The Kier molecular flexibility index (Phi) is 3.73. The third-order valence-corrected chi connectivity index (χ3v) is 4.90. The number of para-hydroxylation sites is 1. The molecule has 4 nitrogen and oxygen atoms in total. The SMILES string of the molecule is C[C@@H]1Cc2ccccc2N1C(=O)c1cc(-c2ccc(Br)cc2)n[nH]1. The number of aromatic amines is 1. The molecule has 3 aromatic rings. The summed E-state index contributed by atoms with van der Waals surface area (Å²) in [5, 5.41) is 7.20. The van der Waals surface area contributed by atoms with Gasteiger partial charge in [0.05, 0.1) is 5.69 Å². The van der Waals surface area contributed by atoms with Crippen molar-refractivity contribution in [1.82, 2.24) is 10.2 Å². The molecule has 0 unspecified atom stereocenters. The molecule has 1 atom stereocenters. The average molecular weight is 382 g/mol. The second-order valence-corrected chi connectivity index (χ2v) is 6.95. The smallest absolute Gasteiger partial charge is 0.276 e. The van der Waals surface area contributed by atoms with Crippen LogP contribution in [0.3, 0.4) is 0 Å². The van der Waals surface area contributed by atoms with Crippen molar-refractivity contribution in [2.24, 2.45) is 0 Å². The zero-order valence-electron chi connectivity index (χ0n) is 13.2. The predicted molar refractivity (Wildman–Crippen MR) is 98.1 cm³/mol. The molecule has 0 aliphatic carbocycles. The van der Waals surface area contributed by atoms with Crippen LogP contribution < -0.4 is 4.90 Å². The number of hydrogen-bond acceptors (Lipinski definition) is 2. The van der Waals surface area contributed by atoms with Gasteiger partial charge in [0.2, 0.25) is 0 Å². The highest BCUT2D eigenvalue weighted by Gasteiger charge is 2.32. The van der Waals surface area contributed by atoms with Gasteiger partial charge in [0, 0.05) is 21.8 Å². The number of halogens is 1. The van der Waals surface area contributed by atoms with Gasteiger partial charge in [-0.15, -0.1) is 0 Å². The summed E-state index contributed by atoms with van der Waals surface area (Å²) in [7, 11) is 0. The molecule has 1 amide bonds. The Labute approximate surface area is 148 Å². The van der Waals surface area contributed by atoms with Crippen LogP contribution in [0.2, 0.25) is 0 Å². The zero-order valence-corrected chi connectivity index (χ0v) is 14.7. The summed E-state index contributed by atoms with van der Waals surface area (Å²) < 4.78 is 1.01. The summed E-state index contributed by atoms with van der Waals surface area (Å²) in [5.41, 5.74) is 4.46. The summed E-state index contributed by atoms with van der Waals surface area (Å²) in [6, 6.07) is 17.9. The normalized spacial score (nSPS) is 16.2. The van der Waals surface area contributed by atoms with E-state index >= 15 is 0 Å². The molecule has 1 aliphatic heterocycles. The summed E-state index contributed by atoms with van der Waals surface area (Å²) in [4.78, 5) is 14.8. The van der Waals surface area contributed by atoms with E-state index in [0.29, 0.717) is 5.69 Å². The second kappa shape index (κ2) is 5.91. The largest absolute Gasteiger partial charge is 0.304 e. The third-order valence-electron chi connectivity index (χ3n) is 4.37. The Bertz CT molecular complexity index is 901. The van der Waals surface area contributed by atoms with Crippen molar-refractivity contribution in [2.75, 3.05) is 4.90 Å². The van der Waals surface area contributed by atoms with E-state index in [4.69, 9.17) is 0 Å². The molecule has 24 heavy (non-hydrogen) atoms. The Morgan fingerprint density at radius 1 is 1.21 bits per heavy atom. The maximum atomic E-state index is 13.0. The first kappa shape index (κ1) is 15.1. The molecule has 0 saturated heterocycles. The quantitative estimate of drug-likeness (QED) is 0.713. The second-order valence-electron chi connectivity index (χ2n) is 6.03. The molecule has 0 saturated carbocycles. The van der Waals surface area contributed by atoms with Gasteiger partial charge in [-0.25, -0.2) is 0 Å². The average Bonchev–Trinajstić information content (AvgIpc) is 3.19. The number of hydrogen-bond donors (Lipinski definition) is 1. The summed E-state index contributed by atoms with van der Waals surface area (Å²) in [6.45, 7) is 2.07. The molecule has 2 aromatic carbocycles. The number of benzene rings is 2. The lowest BCUT2D eigenvalue weighted by atomic mass is 10.1. The molecule has 4 rings (SSSR count). The van der Waals surface area contributed by atoms with Crippen molar-refractivity contribution in [3.63, 3.8) is 0 Å². The van der Waals surface area contributed by atoms with Gasteiger partial charge in [-0.3, -0.25) is 9.89 Å². The van der Waals surface area contributed by atoms with Gasteiger partial charge in [0.1, 0.15) is 5.69 Å². The molecule has 2 heterocycles. The Balaban J connectivity index is 1.65. The molecule has 0 fully saturated rings. The monoisotopic (exact) mass is 381 g/mol. The van der Waals surface area contributed by atoms with E-state index < -0.39 is 0 Å². The van der Waals surface area contributed by atoms with Crippen LogP contribution in [0.25, 0.3) is 11.3 Å².